The third kappa shape index (κ3) is 4.61. The predicted molar refractivity (Wildman–Crippen MR) is 92.8 cm³/mol. The van der Waals surface area contributed by atoms with E-state index >= 15 is 0 Å². The lowest BCUT2D eigenvalue weighted by Gasteiger charge is -2.08. The monoisotopic (exact) mass is 378 g/mol. The number of nitrogens with zero attached hydrogens (tertiary/aromatic N) is 2. The van der Waals surface area contributed by atoms with E-state index in [9.17, 15) is 13.6 Å². The Kier molecular flexibility index (Phi) is 5.72. The minimum atomic E-state index is -2.60. The van der Waals surface area contributed by atoms with Crippen LogP contribution in [0, 0.1) is 0 Å². The van der Waals surface area contributed by atoms with Crippen LogP contribution in [0.2, 0.25) is 0 Å². The highest BCUT2D eigenvalue weighted by Crippen LogP contribution is 2.29. The van der Waals surface area contributed by atoms with Gasteiger partial charge in [0, 0.05) is 16.5 Å². The van der Waals surface area contributed by atoms with Gasteiger partial charge in [-0.15, -0.1) is 11.3 Å². The zero-order chi connectivity index (χ0) is 17.6. The summed E-state index contributed by atoms with van der Waals surface area (Å²) in [5, 5.41) is 2.50. The zero-order valence-electron chi connectivity index (χ0n) is 12.8. The molecule has 0 saturated carbocycles. The Hall–Kier alpha value is -2.32. The van der Waals surface area contributed by atoms with Crippen molar-refractivity contribution in [3.8, 4) is 10.7 Å². The quantitative estimate of drug-likeness (QED) is 0.452. The molecule has 3 rings (SSSR count). The molecule has 25 heavy (non-hydrogen) atoms. The van der Waals surface area contributed by atoms with Crippen molar-refractivity contribution < 1.29 is 18.3 Å². The number of thiazole rings is 1. The first kappa shape index (κ1) is 17.5. The number of aromatic nitrogens is 2. The SMILES string of the molecule is O=C(OCc1csc(-c2ccccn2)n1)c1ccccc1SC(F)F. The van der Waals surface area contributed by atoms with Gasteiger partial charge in [-0.2, -0.15) is 8.78 Å². The van der Waals surface area contributed by atoms with Crippen molar-refractivity contribution in [3.63, 3.8) is 0 Å². The summed E-state index contributed by atoms with van der Waals surface area (Å²) in [4.78, 5) is 21.0. The Morgan fingerprint density at radius 1 is 1.20 bits per heavy atom. The van der Waals surface area contributed by atoms with Crippen LogP contribution in [0.4, 0.5) is 8.78 Å². The molecule has 0 spiro atoms. The Balaban J connectivity index is 1.66. The van der Waals surface area contributed by atoms with Crippen molar-refractivity contribution in [3.05, 3.63) is 65.3 Å². The normalized spacial score (nSPS) is 10.8. The Morgan fingerprint density at radius 2 is 2.00 bits per heavy atom. The van der Waals surface area contributed by atoms with Gasteiger partial charge in [0.1, 0.15) is 11.6 Å². The minimum absolute atomic E-state index is 0.0319. The molecule has 2 heterocycles. The first-order valence-corrected chi connectivity index (χ1v) is 8.96. The topological polar surface area (TPSA) is 52.1 Å². The maximum absolute atomic E-state index is 12.6. The Morgan fingerprint density at radius 3 is 2.76 bits per heavy atom. The number of carbonyl (C=O) groups is 1. The molecule has 0 amide bonds. The van der Waals surface area contributed by atoms with Crippen LogP contribution >= 0.6 is 23.1 Å². The molecule has 8 heteroatoms. The maximum atomic E-state index is 12.6. The molecule has 128 valence electrons. The number of hydrogen-bond donors (Lipinski definition) is 0. The lowest BCUT2D eigenvalue weighted by Crippen LogP contribution is -2.07. The van der Waals surface area contributed by atoms with Crippen LogP contribution in [0.25, 0.3) is 10.7 Å². The van der Waals surface area contributed by atoms with E-state index in [1.807, 2.05) is 18.2 Å². The third-order valence-corrected chi connectivity index (χ3v) is 4.81. The number of halogens is 2. The minimum Gasteiger partial charge on any atom is -0.456 e. The molecule has 4 nitrogen and oxygen atoms in total. The molecule has 2 aromatic heterocycles. The second-order valence-electron chi connectivity index (χ2n) is 4.81. The second-order valence-corrected chi connectivity index (χ2v) is 6.70. The molecule has 0 fully saturated rings. The molecule has 0 N–H and O–H groups in total. The van der Waals surface area contributed by atoms with Gasteiger partial charge in [-0.3, -0.25) is 4.98 Å². The van der Waals surface area contributed by atoms with Crippen molar-refractivity contribution in [1.29, 1.82) is 0 Å². The van der Waals surface area contributed by atoms with E-state index in [1.54, 1.807) is 23.7 Å². The largest absolute Gasteiger partial charge is 0.456 e. The van der Waals surface area contributed by atoms with Gasteiger partial charge in [-0.25, -0.2) is 9.78 Å². The van der Waals surface area contributed by atoms with E-state index in [4.69, 9.17) is 4.74 Å². The average Bonchev–Trinajstić information content (AvgIpc) is 3.09. The van der Waals surface area contributed by atoms with Gasteiger partial charge >= 0.3 is 5.97 Å². The Bertz CT molecular complexity index is 857. The fraction of sp³-hybridized carbons (Fsp3) is 0.118. The van der Waals surface area contributed by atoms with Crippen LogP contribution in [-0.2, 0) is 11.3 Å². The number of thioether (sulfide) groups is 1. The summed E-state index contributed by atoms with van der Waals surface area (Å²) in [5.74, 6) is -3.26. The van der Waals surface area contributed by atoms with Gasteiger partial charge in [0.05, 0.1) is 17.0 Å². The predicted octanol–water partition coefficient (Wildman–Crippen LogP) is 4.88. The van der Waals surface area contributed by atoms with E-state index in [0.29, 0.717) is 17.5 Å². The molecule has 0 radical (unpaired) electrons. The smallest absolute Gasteiger partial charge is 0.339 e. The van der Waals surface area contributed by atoms with Crippen LogP contribution in [0.5, 0.6) is 0 Å². The zero-order valence-corrected chi connectivity index (χ0v) is 14.4. The number of rotatable bonds is 6. The number of esters is 1. The van der Waals surface area contributed by atoms with E-state index in [2.05, 4.69) is 9.97 Å². The van der Waals surface area contributed by atoms with Crippen molar-refractivity contribution >= 4 is 29.1 Å². The van der Waals surface area contributed by atoms with E-state index in [1.165, 1.54) is 23.5 Å². The molecule has 0 saturated heterocycles. The van der Waals surface area contributed by atoms with Gasteiger partial charge in [0.2, 0.25) is 0 Å². The van der Waals surface area contributed by atoms with Gasteiger partial charge in [0.15, 0.2) is 0 Å². The molecule has 1 aromatic carbocycles. The maximum Gasteiger partial charge on any atom is 0.339 e. The standard InChI is InChI=1S/C17H12F2N2O2S2/c18-17(19)25-14-7-2-1-5-12(14)16(22)23-9-11-10-24-15(21-11)13-6-3-4-8-20-13/h1-8,10,17H,9H2. The van der Waals surface area contributed by atoms with Crippen molar-refractivity contribution in [2.75, 3.05) is 0 Å². The van der Waals surface area contributed by atoms with E-state index < -0.39 is 11.7 Å². The molecule has 0 aliphatic heterocycles. The second kappa shape index (κ2) is 8.17. The summed E-state index contributed by atoms with van der Waals surface area (Å²) in [7, 11) is 0. The number of ether oxygens (including phenoxy) is 1. The average molecular weight is 378 g/mol. The lowest BCUT2D eigenvalue weighted by atomic mass is 10.2. The first-order valence-electron chi connectivity index (χ1n) is 7.20. The van der Waals surface area contributed by atoms with Gasteiger partial charge in [-0.1, -0.05) is 30.0 Å². The summed E-state index contributed by atoms with van der Waals surface area (Å²) in [6, 6.07) is 11.7. The molecular formula is C17H12F2N2O2S2. The van der Waals surface area contributed by atoms with Crippen LogP contribution < -0.4 is 0 Å². The lowest BCUT2D eigenvalue weighted by molar-refractivity contribution is 0.0464. The molecular weight excluding hydrogens is 366 g/mol. The number of benzene rings is 1. The Labute approximate surface area is 150 Å². The number of alkyl halides is 2. The molecule has 0 aliphatic rings. The number of carbonyl (C=O) groups excluding carboxylic acids is 1. The summed E-state index contributed by atoms with van der Waals surface area (Å²) in [6.45, 7) is -0.0319. The van der Waals surface area contributed by atoms with Gasteiger partial charge in [0.25, 0.3) is 5.76 Å². The molecule has 0 atom stereocenters. The van der Waals surface area contributed by atoms with E-state index in [-0.39, 0.29) is 17.1 Å². The molecule has 0 bridgehead atoms. The molecule has 3 aromatic rings. The fourth-order valence-electron chi connectivity index (χ4n) is 2.03. The number of hydrogen-bond acceptors (Lipinski definition) is 6. The van der Waals surface area contributed by atoms with Crippen LogP contribution in [0.1, 0.15) is 16.1 Å². The summed E-state index contributed by atoms with van der Waals surface area (Å²) in [6.07, 6.45) is 1.67. The highest BCUT2D eigenvalue weighted by Gasteiger charge is 2.17. The summed E-state index contributed by atoms with van der Waals surface area (Å²) < 4.78 is 30.4. The third-order valence-electron chi connectivity index (χ3n) is 3.11. The van der Waals surface area contributed by atoms with Crippen molar-refractivity contribution in [1.82, 2.24) is 9.97 Å². The van der Waals surface area contributed by atoms with Crippen LogP contribution in [-0.4, -0.2) is 21.7 Å². The van der Waals surface area contributed by atoms with Crippen molar-refractivity contribution in [2.24, 2.45) is 0 Å². The first-order chi connectivity index (χ1) is 12.1. The van der Waals surface area contributed by atoms with Crippen LogP contribution in [0.3, 0.4) is 0 Å². The highest BCUT2D eigenvalue weighted by atomic mass is 32.2. The fourth-order valence-corrected chi connectivity index (χ4v) is 3.44. The van der Waals surface area contributed by atoms with E-state index in [0.717, 1.165) is 10.7 Å². The summed E-state index contributed by atoms with van der Waals surface area (Å²) in [5.41, 5.74) is 1.44. The summed E-state index contributed by atoms with van der Waals surface area (Å²) >= 11 is 1.71. The highest BCUT2D eigenvalue weighted by molar-refractivity contribution is 7.99. The van der Waals surface area contributed by atoms with Gasteiger partial charge < -0.3 is 4.74 Å². The van der Waals surface area contributed by atoms with Crippen LogP contribution in [0.15, 0.2) is 58.9 Å². The van der Waals surface area contributed by atoms with Gasteiger partial charge in [-0.05, 0) is 24.3 Å². The molecule has 0 unspecified atom stereocenters. The van der Waals surface area contributed by atoms with Crippen molar-refractivity contribution in [2.45, 2.75) is 17.3 Å². The molecule has 0 aliphatic carbocycles. The number of pyridine rings is 1.